The van der Waals surface area contributed by atoms with Gasteiger partial charge in [0, 0.05) is 17.7 Å². The van der Waals surface area contributed by atoms with Crippen molar-refractivity contribution in [3.05, 3.63) is 64.1 Å². The lowest BCUT2D eigenvalue weighted by Gasteiger charge is -2.06. The minimum Gasteiger partial charge on any atom is -0.472 e. The molecule has 0 spiro atoms. The Kier molecular flexibility index (Phi) is 3.44. The molecule has 0 fully saturated rings. The number of rotatable bonds is 4. The SMILES string of the molecule is O=[N+]([O-])c1ccc(CC(Cl)c2ccoc2)cc1. The topological polar surface area (TPSA) is 56.3 Å². The summed E-state index contributed by atoms with van der Waals surface area (Å²) in [6.07, 6.45) is 3.78. The number of hydrogen-bond donors (Lipinski definition) is 0. The molecule has 17 heavy (non-hydrogen) atoms. The van der Waals surface area contributed by atoms with Crippen molar-refractivity contribution in [3.63, 3.8) is 0 Å². The lowest BCUT2D eigenvalue weighted by Crippen LogP contribution is -1.95. The maximum absolute atomic E-state index is 10.5. The van der Waals surface area contributed by atoms with Crippen LogP contribution in [0.5, 0.6) is 0 Å². The quantitative estimate of drug-likeness (QED) is 0.473. The number of nitrogens with zero attached hydrogens (tertiary/aromatic N) is 1. The number of non-ortho nitro benzene ring substituents is 1. The van der Waals surface area contributed by atoms with E-state index in [1.54, 1.807) is 24.7 Å². The van der Waals surface area contributed by atoms with Crippen LogP contribution in [-0.2, 0) is 6.42 Å². The number of nitro benzene ring substituents is 1. The first-order valence-corrected chi connectivity index (χ1v) is 5.50. The molecule has 2 rings (SSSR count). The standard InChI is InChI=1S/C12H10ClNO3/c13-12(10-5-6-17-8-10)7-9-1-3-11(4-2-9)14(15)16/h1-6,8,12H,7H2. The molecule has 1 aromatic carbocycles. The molecular formula is C12H10ClNO3. The van der Waals surface area contributed by atoms with Crippen molar-refractivity contribution in [2.45, 2.75) is 11.8 Å². The second-order valence-electron chi connectivity index (χ2n) is 3.65. The first-order valence-electron chi connectivity index (χ1n) is 5.06. The Bertz CT molecular complexity index is 493. The van der Waals surface area contributed by atoms with Crippen LogP contribution in [0, 0.1) is 10.1 Å². The fraction of sp³-hybridized carbons (Fsp3) is 0.167. The Labute approximate surface area is 103 Å². The number of hydrogen-bond acceptors (Lipinski definition) is 3. The summed E-state index contributed by atoms with van der Waals surface area (Å²) in [5.74, 6) is 0. The van der Waals surface area contributed by atoms with Gasteiger partial charge in [-0.15, -0.1) is 11.6 Å². The zero-order chi connectivity index (χ0) is 12.3. The van der Waals surface area contributed by atoms with Crippen LogP contribution < -0.4 is 0 Å². The lowest BCUT2D eigenvalue weighted by atomic mass is 10.1. The van der Waals surface area contributed by atoms with Crippen molar-refractivity contribution in [2.75, 3.05) is 0 Å². The van der Waals surface area contributed by atoms with Gasteiger partial charge in [0.1, 0.15) is 0 Å². The molecule has 4 nitrogen and oxygen atoms in total. The maximum Gasteiger partial charge on any atom is 0.269 e. The third-order valence-electron chi connectivity index (χ3n) is 2.47. The van der Waals surface area contributed by atoms with Gasteiger partial charge in [-0.25, -0.2) is 0 Å². The molecule has 5 heteroatoms. The van der Waals surface area contributed by atoms with Crippen LogP contribution in [0.1, 0.15) is 16.5 Å². The van der Waals surface area contributed by atoms with Gasteiger partial charge in [-0.05, 0) is 18.1 Å². The Morgan fingerprint density at radius 1 is 1.29 bits per heavy atom. The monoisotopic (exact) mass is 251 g/mol. The average Bonchev–Trinajstić information content (AvgIpc) is 2.83. The van der Waals surface area contributed by atoms with Crippen molar-refractivity contribution in [2.24, 2.45) is 0 Å². The first-order chi connectivity index (χ1) is 8.16. The second-order valence-corrected chi connectivity index (χ2v) is 4.18. The Hall–Kier alpha value is -1.81. The van der Waals surface area contributed by atoms with Crippen LogP contribution in [0.25, 0.3) is 0 Å². The summed E-state index contributed by atoms with van der Waals surface area (Å²) in [7, 11) is 0. The summed E-state index contributed by atoms with van der Waals surface area (Å²) in [5, 5.41) is 10.3. The largest absolute Gasteiger partial charge is 0.472 e. The summed E-state index contributed by atoms with van der Waals surface area (Å²) >= 11 is 6.19. The van der Waals surface area contributed by atoms with Crippen LogP contribution in [0.15, 0.2) is 47.3 Å². The minimum absolute atomic E-state index is 0.0863. The third-order valence-corrected chi connectivity index (χ3v) is 2.87. The van der Waals surface area contributed by atoms with Crippen molar-refractivity contribution < 1.29 is 9.34 Å². The maximum atomic E-state index is 10.5. The van der Waals surface area contributed by atoms with E-state index in [0.717, 1.165) is 11.1 Å². The van der Waals surface area contributed by atoms with E-state index in [1.165, 1.54) is 12.1 Å². The fourth-order valence-electron chi connectivity index (χ4n) is 1.53. The molecule has 0 aliphatic rings. The molecule has 0 radical (unpaired) electrons. The summed E-state index contributed by atoms with van der Waals surface area (Å²) in [6, 6.07) is 8.20. The smallest absolute Gasteiger partial charge is 0.269 e. The van der Waals surface area contributed by atoms with E-state index < -0.39 is 4.92 Å². The summed E-state index contributed by atoms with van der Waals surface area (Å²) in [6.45, 7) is 0. The highest BCUT2D eigenvalue weighted by atomic mass is 35.5. The predicted molar refractivity (Wildman–Crippen MR) is 64.1 cm³/mol. The van der Waals surface area contributed by atoms with Crippen LogP contribution >= 0.6 is 11.6 Å². The predicted octanol–water partition coefficient (Wildman–Crippen LogP) is 3.71. The molecule has 1 aromatic heterocycles. The van der Waals surface area contributed by atoms with E-state index in [-0.39, 0.29) is 11.1 Å². The zero-order valence-corrected chi connectivity index (χ0v) is 9.63. The molecule has 0 bridgehead atoms. The molecule has 1 atom stereocenters. The molecule has 0 saturated carbocycles. The van der Waals surface area contributed by atoms with Crippen LogP contribution in [0.3, 0.4) is 0 Å². The first kappa shape index (κ1) is 11.7. The highest BCUT2D eigenvalue weighted by Gasteiger charge is 2.11. The molecule has 88 valence electrons. The van der Waals surface area contributed by atoms with Gasteiger partial charge < -0.3 is 4.42 Å². The van der Waals surface area contributed by atoms with Gasteiger partial charge in [0.15, 0.2) is 0 Å². The Morgan fingerprint density at radius 3 is 2.53 bits per heavy atom. The van der Waals surface area contributed by atoms with Gasteiger partial charge in [-0.3, -0.25) is 10.1 Å². The van der Waals surface area contributed by atoms with Gasteiger partial charge in [-0.1, -0.05) is 12.1 Å². The minimum atomic E-state index is -0.419. The van der Waals surface area contributed by atoms with Crippen LogP contribution in [0.4, 0.5) is 5.69 Å². The van der Waals surface area contributed by atoms with Crippen molar-refractivity contribution in [1.82, 2.24) is 0 Å². The summed E-state index contributed by atoms with van der Waals surface area (Å²) in [4.78, 5) is 10.1. The molecule has 0 N–H and O–H groups in total. The normalized spacial score (nSPS) is 12.3. The fourth-order valence-corrected chi connectivity index (χ4v) is 1.83. The van der Waals surface area contributed by atoms with Gasteiger partial charge in [0.25, 0.3) is 5.69 Å². The summed E-state index contributed by atoms with van der Waals surface area (Å²) < 4.78 is 4.95. The Balaban J connectivity index is 2.06. The number of benzene rings is 1. The van der Waals surface area contributed by atoms with Gasteiger partial charge >= 0.3 is 0 Å². The molecule has 0 amide bonds. The highest BCUT2D eigenvalue weighted by molar-refractivity contribution is 6.20. The van der Waals surface area contributed by atoms with Gasteiger partial charge in [-0.2, -0.15) is 0 Å². The molecule has 1 unspecified atom stereocenters. The second kappa shape index (κ2) is 5.01. The van der Waals surface area contributed by atoms with E-state index >= 15 is 0 Å². The average molecular weight is 252 g/mol. The van der Waals surface area contributed by atoms with Gasteiger partial charge in [0.05, 0.1) is 22.8 Å². The van der Waals surface area contributed by atoms with E-state index in [9.17, 15) is 10.1 Å². The van der Waals surface area contributed by atoms with Crippen LogP contribution in [-0.4, -0.2) is 4.92 Å². The molecule has 1 heterocycles. The Morgan fingerprint density at radius 2 is 2.00 bits per heavy atom. The molecular weight excluding hydrogens is 242 g/mol. The molecule has 0 aliphatic heterocycles. The van der Waals surface area contributed by atoms with E-state index in [1.807, 2.05) is 6.07 Å². The summed E-state index contributed by atoms with van der Waals surface area (Å²) in [5.41, 5.74) is 1.95. The van der Waals surface area contributed by atoms with E-state index in [4.69, 9.17) is 16.0 Å². The highest BCUT2D eigenvalue weighted by Crippen LogP contribution is 2.26. The van der Waals surface area contributed by atoms with Crippen molar-refractivity contribution in [1.29, 1.82) is 0 Å². The molecule has 2 aromatic rings. The molecule has 0 saturated heterocycles. The van der Waals surface area contributed by atoms with Crippen LogP contribution in [0.2, 0.25) is 0 Å². The van der Waals surface area contributed by atoms with Crippen molar-refractivity contribution in [3.8, 4) is 0 Å². The number of furan rings is 1. The van der Waals surface area contributed by atoms with Gasteiger partial charge in [0.2, 0.25) is 0 Å². The third kappa shape index (κ3) is 2.85. The van der Waals surface area contributed by atoms with E-state index in [0.29, 0.717) is 6.42 Å². The van der Waals surface area contributed by atoms with E-state index in [2.05, 4.69) is 0 Å². The molecule has 0 aliphatic carbocycles. The number of halogens is 1. The number of alkyl halides is 1. The lowest BCUT2D eigenvalue weighted by molar-refractivity contribution is -0.384. The van der Waals surface area contributed by atoms with Crippen molar-refractivity contribution >= 4 is 17.3 Å². The zero-order valence-electron chi connectivity index (χ0n) is 8.88. The number of nitro groups is 1.